The predicted octanol–water partition coefficient (Wildman–Crippen LogP) is 1.86. The van der Waals surface area contributed by atoms with Crippen LogP contribution in [0.2, 0.25) is 0 Å². The third-order valence-corrected chi connectivity index (χ3v) is 4.01. The van der Waals surface area contributed by atoms with Crippen molar-refractivity contribution >= 4 is 22.9 Å². The van der Waals surface area contributed by atoms with Gasteiger partial charge >= 0.3 is 0 Å². The monoisotopic (exact) mass is 278 g/mol. The molecule has 0 fully saturated rings. The van der Waals surface area contributed by atoms with Crippen LogP contribution in [-0.4, -0.2) is 15.7 Å². The summed E-state index contributed by atoms with van der Waals surface area (Å²) in [5, 5.41) is 7.25. The molecular weight excluding hydrogens is 260 g/mol. The predicted molar refractivity (Wildman–Crippen MR) is 77.2 cm³/mol. The number of nitrogens with two attached hydrogens (primary N) is 1. The molecule has 0 aromatic carbocycles. The molecule has 19 heavy (non-hydrogen) atoms. The molecule has 0 aliphatic carbocycles. The zero-order valence-electron chi connectivity index (χ0n) is 11.4. The minimum absolute atomic E-state index is 0.0873. The molecule has 5 nitrogen and oxygen atoms in total. The number of aromatic nitrogens is 2. The highest BCUT2D eigenvalue weighted by Gasteiger charge is 2.12. The van der Waals surface area contributed by atoms with Crippen LogP contribution in [0.3, 0.4) is 0 Å². The lowest BCUT2D eigenvalue weighted by molar-refractivity contribution is 0.0955. The van der Waals surface area contributed by atoms with E-state index >= 15 is 0 Å². The molecule has 0 bridgehead atoms. The molecular formula is C13H18N4OS. The summed E-state index contributed by atoms with van der Waals surface area (Å²) in [6.45, 7) is 4.46. The SMILES string of the molecule is CCc1nn(C)cc1CNC(=O)c1cc(N)c(C)s1. The van der Waals surface area contributed by atoms with E-state index in [4.69, 9.17) is 5.73 Å². The van der Waals surface area contributed by atoms with Gasteiger partial charge in [0.05, 0.1) is 10.6 Å². The summed E-state index contributed by atoms with van der Waals surface area (Å²) in [5.74, 6) is -0.0873. The van der Waals surface area contributed by atoms with Crippen LogP contribution in [0.1, 0.15) is 32.7 Å². The van der Waals surface area contributed by atoms with E-state index in [0.29, 0.717) is 17.1 Å². The first-order valence-electron chi connectivity index (χ1n) is 6.16. The smallest absolute Gasteiger partial charge is 0.261 e. The Balaban J connectivity index is 2.04. The maximum absolute atomic E-state index is 12.0. The highest BCUT2D eigenvalue weighted by Crippen LogP contribution is 2.23. The Bertz CT molecular complexity index is 580. The number of aryl methyl sites for hydroxylation is 3. The summed E-state index contributed by atoms with van der Waals surface area (Å²) in [5.41, 5.74) is 8.50. The van der Waals surface area contributed by atoms with Gasteiger partial charge in [0.25, 0.3) is 5.91 Å². The lowest BCUT2D eigenvalue weighted by Gasteiger charge is -2.02. The number of hydrogen-bond donors (Lipinski definition) is 2. The van der Waals surface area contributed by atoms with Crippen molar-refractivity contribution in [1.29, 1.82) is 0 Å². The highest BCUT2D eigenvalue weighted by molar-refractivity contribution is 7.14. The van der Waals surface area contributed by atoms with Crippen LogP contribution in [0.15, 0.2) is 12.3 Å². The molecule has 0 saturated heterocycles. The van der Waals surface area contributed by atoms with Crippen molar-refractivity contribution in [2.24, 2.45) is 7.05 Å². The van der Waals surface area contributed by atoms with E-state index < -0.39 is 0 Å². The molecule has 0 aliphatic rings. The van der Waals surface area contributed by atoms with Crippen LogP contribution in [0, 0.1) is 6.92 Å². The molecule has 0 spiro atoms. The number of nitrogen functional groups attached to an aromatic ring is 1. The highest BCUT2D eigenvalue weighted by atomic mass is 32.1. The van der Waals surface area contributed by atoms with Gasteiger partial charge in [0, 0.05) is 35.9 Å². The van der Waals surface area contributed by atoms with Crippen molar-refractivity contribution in [3.63, 3.8) is 0 Å². The Morgan fingerprint density at radius 3 is 2.89 bits per heavy atom. The summed E-state index contributed by atoms with van der Waals surface area (Å²) in [7, 11) is 1.88. The van der Waals surface area contributed by atoms with E-state index in [2.05, 4.69) is 17.3 Å². The molecule has 0 saturated carbocycles. The molecule has 0 atom stereocenters. The van der Waals surface area contributed by atoms with E-state index in [1.54, 1.807) is 10.7 Å². The Kier molecular flexibility index (Phi) is 3.90. The van der Waals surface area contributed by atoms with Crippen molar-refractivity contribution < 1.29 is 4.79 Å². The second-order valence-electron chi connectivity index (χ2n) is 4.43. The maximum atomic E-state index is 12.0. The average molecular weight is 278 g/mol. The van der Waals surface area contributed by atoms with Crippen molar-refractivity contribution in [1.82, 2.24) is 15.1 Å². The molecule has 2 rings (SSSR count). The van der Waals surface area contributed by atoms with Gasteiger partial charge in [-0.15, -0.1) is 11.3 Å². The number of nitrogens with one attached hydrogen (secondary N) is 1. The minimum Gasteiger partial charge on any atom is -0.398 e. The van der Waals surface area contributed by atoms with Crippen LogP contribution in [0.4, 0.5) is 5.69 Å². The van der Waals surface area contributed by atoms with Gasteiger partial charge in [0.2, 0.25) is 0 Å². The molecule has 0 radical (unpaired) electrons. The van der Waals surface area contributed by atoms with E-state index in [0.717, 1.165) is 22.6 Å². The number of hydrogen-bond acceptors (Lipinski definition) is 4. The minimum atomic E-state index is -0.0873. The Morgan fingerprint density at radius 2 is 2.32 bits per heavy atom. The molecule has 2 heterocycles. The number of carbonyl (C=O) groups excluding carboxylic acids is 1. The standard InChI is InChI=1S/C13H18N4OS/c1-4-11-9(7-17(3)16-11)6-15-13(18)12-5-10(14)8(2)19-12/h5,7H,4,6,14H2,1-3H3,(H,15,18). The molecule has 1 amide bonds. The zero-order valence-corrected chi connectivity index (χ0v) is 12.2. The molecule has 0 unspecified atom stereocenters. The number of carbonyl (C=O) groups is 1. The Hall–Kier alpha value is -1.82. The molecule has 102 valence electrons. The summed E-state index contributed by atoms with van der Waals surface area (Å²) in [6.07, 6.45) is 2.80. The summed E-state index contributed by atoms with van der Waals surface area (Å²) >= 11 is 1.41. The van der Waals surface area contributed by atoms with Gasteiger partial charge in [0.1, 0.15) is 0 Å². The van der Waals surface area contributed by atoms with Gasteiger partial charge in [-0.05, 0) is 19.4 Å². The maximum Gasteiger partial charge on any atom is 0.261 e. The van der Waals surface area contributed by atoms with Crippen molar-refractivity contribution in [3.8, 4) is 0 Å². The van der Waals surface area contributed by atoms with Gasteiger partial charge in [-0.3, -0.25) is 9.48 Å². The third-order valence-electron chi connectivity index (χ3n) is 2.95. The first-order chi connectivity index (χ1) is 9.01. The molecule has 6 heteroatoms. The van der Waals surface area contributed by atoms with Gasteiger partial charge < -0.3 is 11.1 Å². The fourth-order valence-corrected chi connectivity index (χ4v) is 2.76. The largest absolute Gasteiger partial charge is 0.398 e. The van der Waals surface area contributed by atoms with Crippen LogP contribution >= 0.6 is 11.3 Å². The molecule has 2 aromatic heterocycles. The Labute approximate surface area is 116 Å². The second kappa shape index (κ2) is 5.44. The van der Waals surface area contributed by atoms with E-state index in [1.807, 2.05) is 20.2 Å². The van der Waals surface area contributed by atoms with Crippen molar-refractivity contribution in [2.45, 2.75) is 26.8 Å². The van der Waals surface area contributed by atoms with Crippen LogP contribution in [-0.2, 0) is 20.0 Å². The van der Waals surface area contributed by atoms with Crippen molar-refractivity contribution in [2.75, 3.05) is 5.73 Å². The topological polar surface area (TPSA) is 72.9 Å². The third kappa shape index (κ3) is 2.96. The lowest BCUT2D eigenvalue weighted by atomic mass is 10.2. The van der Waals surface area contributed by atoms with Gasteiger partial charge in [-0.25, -0.2) is 0 Å². The van der Waals surface area contributed by atoms with Crippen LogP contribution in [0.25, 0.3) is 0 Å². The number of nitrogens with zero attached hydrogens (tertiary/aromatic N) is 2. The Morgan fingerprint density at radius 1 is 1.58 bits per heavy atom. The number of thiophene rings is 1. The van der Waals surface area contributed by atoms with Crippen LogP contribution in [0.5, 0.6) is 0 Å². The zero-order chi connectivity index (χ0) is 14.0. The van der Waals surface area contributed by atoms with Crippen LogP contribution < -0.4 is 11.1 Å². The molecule has 2 aromatic rings. The molecule has 3 N–H and O–H groups in total. The van der Waals surface area contributed by atoms with Crippen molar-refractivity contribution in [3.05, 3.63) is 33.3 Å². The van der Waals surface area contributed by atoms with E-state index in [9.17, 15) is 4.79 Å². The van der Waals surface area contributed by atoms with Gasteiger partial charge in [-0.2, -0.15) is 5.10 Å². The molecule has 0 aliphatic heterocycles. The number of amides is 1. The van der Waals surface area contributed by atoms with E-state index in [1.165, 1.54) is 11.3 Å². The van der Waals surface area contributed by atoms with Gasteiger partial charge in [-0.1, -0.05) is 6.92 Å². The number of rotatable bonds is 4. The quantitative estimate of drug-likeness (QED) is 0.896. The first-order valence-corrected chi connectivity index (χ1v) is 6.98. The van der Waals surface area contributed by atoms with Gasteiger partial charge in [0.15, 0.2) is 0 Å². The summed E-state index contributed by atoms with van der Waals surface area (Å²) in [6, 6.07) is 1.72. The fraction of sp³-hybridized carbons (Fsp3) is 0.385. The summed E-state index contributed by atoms with van der Waals surface area (Å²) in [4.78, 5) is 13.6. The fourth-order valence-electron chi connectivity index (χ4n) is 1.90. The van der Waals surface area contributed by atoms with E-state index in [-0.39, 0.29) is 5.91 Å². The lowest BCUT2D eigenvalue weighted by Crippen LogP contribution is -2.22. The second-order valence-corrected chi connectivity index (χ2v) is 5.69. The number of anilines is 1. The first kappa shape index (κ1) is 13.6. The summed E-state index contributed by atoms with van der Waals surface area (Å²) < 4.78 is 1.77. The normalized spacial score (nSPS) is 10.7. The average Bonchev–Trinajstić information content (AvgIpc) is 2.90.